The Morgan fingerprint density at radius 1 is 1.11 bits per heavy atom. The van der Waals surface area contributed by atoms with Crippen LogP contribution in [0.5, 0.6) is 0 Å². The van der Waals surface area contributed by atoms with E-state index in [2.05, 4.69) is 5.32 Å². The van der Waals surface area contributed by atoms with Crippen LogP contribution in [0.4, 0.5) is 10.1 Å². The van der Waals surface area contributed by atoms with E-state index in [0.29, 0.717) is 10.6 Å². The van der Waals surface area contributed by atoms with Crippen molar-refractivity contribution in [3.8, 4) is 0 Å². The number of hydrogen-bond donors (Lipinski definition) is 1. The van der Waals surface area contributed by atoms with Crippen molar-refractivity contribution in [2.75, 3.05) is 5.32 Å². The van der Waals surface area contributed by atoms with Gasteiger partial charge in [0.2, 0.25) is 0 Å². The van der Waals surface area contributed by atoms with Gasteiger partial charge in [-0.1, -0.05) is 29.8 Å². The lowest BCUT2D eigenvalue weighted by molar-refractivity contribution is 0.618. The predicted molar refractivity (Wildman–Crippen MR) is 74.6 cm³/mol. The Morgan fingerprint density at radius 3 is 2.39 bits per heavy atom. The molecule has 0 heterocycles. The van der Waals surface area contributed by atoms with Crippen LogP contribution in [0.15, 0.2) is 42.5 Å². The highest BCUT2D eigenvalue weighted by Gasteiger charge is 2.06. The van der Waals surface area contributed by atoms with Crippen molar-refractivity contribution in [3.63, 3.8) is 0 Å². The lowest BCUT2D eigenvalue weighted by Crippen LogP contribution is -2.06. The maximum atomic E-state index is 13.4. The van der Waals surface area contributed by atoms with Gasteiger partial charge in [-0.3, -0.25) is 0 Å². The van der Waals surface area contributed by atoms with Gasteiger partial charge in [0.05, 0.1) is 0 Å². The summed E-state index contributed by atoms with van der Waals surface area (Å²) in [4.78, 5) is 0. The Labute approximate surface area is 112 Å². The zero-order chi connectivity index (χ0) is 13.1. The van der Waals surface area contributed by atoms with Crippen molar-refractivity contribution in [1.82, 2.24) is 0 Å². The van der Waals surface area contributed by atoms with E-state index in [4.69, 9.17) is 11.6 Å². The third-order valence-corrected chi connectivity index (χ3v) is 3.18. The van der Waals surface area contributed by atoms with Gasteiger partial charge in [0.1, 0.15) is 5.82 Å². The number of nitrogens with one attached hydrogen (secondary N) is 1. The summed E-state index contributed by atoms with van der Waals surface area (Å²) in [5.41, 5.74) is 2.54. The minimum absolute atomic E-state index is 0.101. The molecule has 1 unspecified atom stereocenters. The second-order valence-electron chi connectivity index (χ2n) is 4.38. The minimum atomic E-state index is -0.191. The first-order valence-corrected chi connectivity index (χ1v) is 6.22. The molecule has 0 aliphatic heterocycles. The summed E-state index contributed by atoms with van der Waals surface area (Å²) >= 11 is 5.84. The number of halogens is 2. The maximum absolute atomic E-state index is 13.4. The molecule has 18 heavy (non-hydrogen) atoms. The molecule has 94 valence electrons. The Kier molecular flexibility index (Phi) is 3.87. The molecule has 1 atom stereocenters. The number of anilines is 1. The number of aryl methyl sites for hydroxylation is 1. The number of hydrogen-bond acceptors (Lipinski definition) is 1. The lowest BCUT2D eigenvalue weighted by Gasteiger charge is -2.16. The van der Waals surface area contributed by atoms with Crippen LogP contribution in [-0.4, -0.2) is 0 Å². The molecule has 3 heteroatoms. The summed E-state index contributed by atoms with van der Waals surface area (Å²) in [6.07, 6.45) is 0. The predicted octanol–water partition coefficient (Wildman–Crippen LogP) is 4.96. The van der Waals surface area contributed by atoms with Gasteiger partial charge >= 0.3 is 0 Å². The molecule has 0 bridgehead atoms. The van der Waals surface area contributed by atoms with Crippen molar-refractivity contribution in [2.45, 2.75) is 19.9 Å². The summed E-state index contributed by atoms with van der Waals surface area (Å²) in [5.74, 6) is -0.191. The van der Waals surface area contributed by atoms with E-state index in [1.165, 1.54) is 6.07 Å². The van der Waals surface area contributed by atoms with Crippen molar-refractivity contribution < 1.29 is 4.39 Å². The van der Waals surface area contributed by atoms with E-state index in [0.717, 1.165) is 11.3 Å². The normalized spacial score (nSPS) is 12.2. The Hall–Kier alpha value is -1.54. The molecule has 0 radical (unpaired) electrons. The minimum Gasteiger partial charge on any atom is -0.378 e. The molecule has 0 aromatic heterocycles. The summed E-state index contributed by atoms with van der Waals surface area (Å²) in [6, 6.07) is 12.9. The van der Waals surface area contributed by atoms with Gasteiger partial charge in [-0.2, -0.15) is 0 Å². The molecule has 0 saturated heterocycles. The van der Waals surface area contributed by atoms with Gasteiger partial charge in [0, 0.05) is 16.8 Å². The second-order valence-corrected chi connectivity index (χ2v) is 4.82. The maximum Gasteiger partial charge on any atom is 0.128 e. The van der Waals surface area contributed by atoms with E-state index in [1.54, 1.807) is 13.0 Å². The van der Waals surface area contributed by atoms with Gasteiger partial charge in [0.25, 0.3) is 0 Å². The van der Waals surface area contributed by atoms with Crippen molar-refractivity contribution >= 4 is 17.3 Å². The van der Waals surface area contributed by atoms with Gasteiger partial charge in [-0.25, -0.2) is 4.39 Å². The summed E-state index contributed by atoms with van der Waals surface area (Å²) < 4.78 is 13.4. The number of rotatable bonds is 3. The molecule has 2 aromatic carbocycles. The van der Waals surface area contributed by atoms with Crippen LogP contribution in [0, 0.1) is 12.7 Å². The molecule has 0 fully saturated rings. The van der Waals surface area contributed by atoms with E-state index in [1.807, 2.05) is 37.3 Å². The summed E-state index contributed by atoms with van der Waals surface area (Å²) in [6.45, 7) is 3.78. The van der Waals surface area contributed by atoms with Crippen LogP contribution >= 0.6 is 11.6 Å². The fraction of sp³-hybridized carbons (Fsp3) is 0.200. The molecule has 0 amide bonds. The molecule has 0 aliphatic carbocycles. The first kappa shape index (κ1) is 12.9. The second kappa shape index (κ2) is 5.40. The van der Waals surface area contributed by atoms with E-state index >= 15 is 0 Å². The molecule has 2 rings (SSSR count). The standard InChI is InChI=1S/C15H15ClFN/c1-10-3-8-14(9-15(10)17)18-11(2)12-4-6-13(16)7-5-12/h3-9,11,18H,1-2H3. The van der Waals surface area contributed by atoms with Crippen LogP contribution in [0.1, 0.15) is 24.1 Å². The number of benzene rings is 2. The SMILES string of the molecule is Cc1ccc(NC(C)c2ccc(Cl)cc2)cc1F. The molecule has 2 aromatic rings. The van der Waals surface area contributed by atoms with Gasteiger partial charge < -0.3 is 5.32 Å². The van der Waals surface area contributed by atoms with E-state index in [9.17, 15) is 4.39 Å². The topological polar surface area (TPSA) is 12.0 Å². The van der Waals surface area contributed by atoms with Crippen LogP contribution in [0.3, 0.4) is 0 Å². The Balaban J connectivity index is 2.13. The monoisotopic (exact) mass is 263 g/mol. The molecule has 0 spiro atoms. The quantitative estimate of drug-likeness (QED) is 0.825. The fourth-order valence-corrected chi connectivity index (χ4v) is 1.89. The lowest BCUT2D eigenvalue weighted by atomic mass is 10.1. The average Bonchev–Trinajstić information content (AvgIpc) is 2.34. The molecular formula is C15H15ClFN. The van der Waals surface area contributed by atoms with Crippen molar-refractivity contribution in [2.24, 2.45) is 0 Å². The smallest absolute Gasteiger partial charge is 0.128 e. The Morgan fingerprint density at radius 2 is 1.78 bits per heavy atom. The zero-order valence-electron chi connectivity index (χ0n) is 10.4. The highest BCUT2D eigenvalue weighted by atomic mass is 35.5. The molecular weight excluding hydrogens is 249 g/mol. The van der Waals surface area contributed by atoms with Gasteiger partial charge in [0.15, 0.2) is 0 Å². The molecule has 1 N–H and O–H groups in total. The third-order valence-electron chi connectivity index (χ3n) is 2.93. The molecule has 0 aliphatic rings. The molecule has 1 nitrogen and oxygen atoms in total. The van der Waals surface area contributed by atoms with E-state index < -0.39 is 0 Å². The summed E-state index contributed by atoms with van der Waals surface area (Å²) in [7, 11) is 0. The first-order valence-electron chi connectivity index (χ1n) is 5.84. The van der Waals surface area contributed by atoms with Crippen LogP contribution in [0.25, 0.3) is 0 Å². The largest absolute Gasteiger partial charge is 0.378 e. The Bertz CT molecular complexity index is 537. The summed E-state index contributed by atoms with van der Waals surface area (Å²) in [5, 5.41) is 3.98. The van der Waals surface area contributed by atoms with Gasteiger partial charge in [-0.05, 0) is 49.2 Å². The van der Waals surface area contributed by atoms with Crippen LogP contribution in [0.2, 0.25) is 5.02 Å². The van der Waals surface area contributed by atoms with E-state index in [-0.39, 0.29) is 11.9 Å². The fourth-order valence-electron chi connectivity index (χ4n) is 1.77. The average molecular weight is 264 g/mol. The zero-order valence-corrected chi connectivity index (χ0v) is 11.1. The van der Waals surface area contributed by atoms with Crippen LogP contribution in [-0.2, 0) is 0 Å². The third kappa shape index (κ3) is 3.02. The van der Waals surface area contributed by atoms with Gasteiger partial charge in [-0.15, -0.1) is 0 Å². The highest BCUT2D eigenvalue weighted by molar-refractivity contribution is 6.30. The van der Waals surface area contributed by atoms with Crippen LogP contribution < -0.4 is 5.32 Å². The highest BCUT2D eigenvalue weighted by Crippen LogP contribution is 2.22. The van der Waals surface area contributed by atoms with Crippen molar-refractivity contribution in [1.29, 1.82) is 0 Å². The molecule has 0 saturated carbocycles. The van der Waals surface area contributed by atoms with Crippen molar-refractivity contribution in [3.05, 3.63) is 64.4 Å². The first-order chi connectivity index (χ1) is 8.56.